The molecule has 1 amide bonds. The quantitative estimate of drug-likeness (QED) is 0.614. The van der Waals surface area contributed by atoms with Crippen LogP contribution in [-0.4, -0.2) is 34.6 Å². The minimum atomic E-state index is -0.645. The minimum absolute atomic E-state index is 0.00744. The Morgan fingerprint density at radius 3 is 2.29 bits per heavy atom. The molecule has 1 aliphatic heterocycles. The van der Waals surface area contributed by atoms with Gasteiger partial charge in [0.05, 0.1) is 16.4 Å². The maximum Gasteiger partial charge on any atom is 0.410 e. The van der Waals surface area contributed by atoms with Gasteiger partial charge in [-0.15, -0.1) is 0 Å². The summed E-state index contributed by atoms with van der Waals surface area (Å²) < 4.78 is 5.37. The zero-order valence-electron chi connectivity index (χ0n) is 13.9. The first-order valence-corrected chi connectivity index (χ1v) is 7.83. The van der Waals surface area contributed by atoms with Gasteiger partial charge < -0.3 is 9.64 Å². The van der Waals surface area contributed by atoms with Crippen molar-refractivity contribution in [2.45, 2.75) is 31.8 Å². The third-order valence-electron chi connectivity index (χ3n) is 4.77. The first kappa shape index (κ1) is 16.2. The number of fused-ring (bicyclic) bond motifs is 1. The highest BCUT2D eigenvalue weighted by molar-refractivity contribution is 5.70. The van der Waals surface area contributed by atoms with Crippen molar-refractivity contribution >= 4 is 11.8 Å². The van der Waals surface area contributed by atoms with Gasteiger partial charge in [-0.1, -0.05) is 12.1 Å². The highest BCUT2D eigenvalue weighted by Crippen LogP contribution is 2.63. The molecule has 1 saturated heterocycles. The summed E-state index contributed by atoms with van der Waals surface area (Å²) in [6.07, 6.45) is -0.356. The number of hydrogen-bond donors (Lipinski definition) is 0. The van der Waals surface area contributed by atoms with Crippen molar-refractivity contribution in [3.05, 3.63) is 39.9 Å². The van der Waals surface area contributed by atoms with Gasteiger partial charge in [0.25, 0.3) is 5.69 Å². The number of benzene rings is 1. The number of piperidine rings is 1. The van der Waals surface area contributed by atoms with Gasteiger partial charge in [0.1, 0.15) is 5.60 Å². The first-order chi connectivity index (χ1) is 11.2. The van der Waals surface area contributed by atoms with Crippen molar-refractivity contribution in [2.75, 3.05) is 13.1 Å². The second-order valence-electron chi connectivity index (χ2n) is 7.38. The fourth-order valence-corrected chi connectivity index (χ4v) is 3.62. The summed E-state index contributed by atoms with van der Waals surface area (Å²) in [5, 5.41) is 20.4. The van der Waals surface area contributed by atoms with E-state index < -0.39 is 15.9 Å². The molecule has 1 heterocycles. The van der Waals surface area contributed by atoms with Gasteiger partial charge in [-0.25, -0.2) is 4.79 Å². The third kappa shape index (κ3) is 2.48. The van der Waals surface area contributed by atoms with Crippen LogP contribution in [0, 0.1) is 33.3 Å². The Kier molecular flexibility index (Phi) is 3.52. The topological polar surface area (TPSA) is 96.5 Å². The molecule has 3 rings (SSSR count). The zero-order valence-corrected chi connectivity index (χ0v) is 13.9. The molecule has 1 aliphatic carbocycles. The normalized spacial score (nSPS) is 28.0. The number of ether oxygens (including phenoxy) is 1. The Hall–Kier alpha value is -2.62. The lowest BCUT2D eigenvalue weighted by atomic mass is 9.91. The zero-order chi connectivity index (χ0) is 17.7. The number of carbonyl (C=O) groups excluding carboxylic acids is 1. The van der Waals surface area contributed by atoms with Crippen LogP contribution in [0.1, 0.15) is 26.3 Å². The molecule has 1 saturated carbocycles. The average molecular weight is 329 g/mol. The summed E-state index contributed by atoms with van der Waals surface area (Å²) in [7, 11) is 0. The molecule has 1 aromatic carbocycles. The van der Waals surface area contributed by atoms with Crippen molar-refractivity contribution in [3.8, 4) is 6.07 Å². The predicted molar refractivity (Wildman–Crippen MR) is 85.2 cm³/mol. The van der Waals surface area contributed by atoms with Crippen LogP contribution < -0.4 is 0 Å². The van der Waals surface area contributed by atoms with Crippen molar-refractivity contribution in [1.82, 2.24) is 4.90 Å². The summed E-state index contributed by atoms with van der Waals surface area (Å²) in [5.41, 5.74) is -0.398. The molecule has 2 aliphatic rings. The number of nitriles is 1. The van der Waals surface area contributed by atoms with Crippen molar-refractivity contribution in [2.24, 2.45) is 11.8 Å². The molecule has 7 heteroatoms. The fraction of sp³-hybridized carbons (Fsp3) is 0.529. The molecule has 126 valence electrons. The molecule has 0 aromatic heterocycles. The number of nitro groups is 1. The summed E-state index contributed by atoms with van der Waals surface area (Å²) >= 11 is 0. The third-order valence-corrected chi connectivity index (χ3v) is 4.77. The van der Waals surface area contributed by atoms with E-state index in [0.717, 1.165) is 5.56 Å². The van der Waals surface area contributed by atoms with Gasteiger partial charge in [0.15, 0.2) is 0 Å². The molecule has 1 unspecified atom stereocenters. The summed E-state index contributed by atoms with van der Waals surface area (Å²) in [5.74, 6) is 0.105. The molecular formula is C17H19N3O4. The second-order valence-corrected chi connectivity index (χ2v) is 7.38. The van der Waals surface area contributed by atoms with E-state index in [2.05, 4.69) is 6.07 Å². The Morgan fingerprint density at radius 1 is 1.33 bits per heavy atom. The molecule has 1 aromatic rings. The smallest absolute Gasteiger partial charge is 0.410 e. The fourth-order valence-electron chi connectivity index (χ4n) is 3.62. The van der Waals surface area contributed by atoms with Gasteiger partial charge in [0.2, 0.25) is 0 Å². The van der Waals surface area contributed by atoms with E-state index in [1.807, 2.05) is 20.8 Å². The number of rotatable bonds is 2. The van der Waals surface area contributed by atoms with Crippen LogP contribution in [0.3, 0.4) is 0 Å². The second kappa shape index (κ2) is 5.20. The van der Waals surface area contributed by atoms with E-state index in [-0.39, 0.29) is 23.6 Å². The van der Waals surface area contributed by atoms with Crippen molar-refractivity contribution < 1.29 is 14.5 Å². The highest BCUT2D eigenvalue weighted by Gasteiger charge is 2.70. The summed E-state index contributed by atoms with van der Waals surface area (Å²) in [6.45, 7) is 6.41. The minimum Gasteiger partial charge on any atom is -0.444 e. The van der Waals surface area contributed by atoms with E-state index in [9.17, 15) is 20.2 Å². The van der Waals surface area contributed by atoms with Gasteiger partial charge in [-0.2, -0.15) is 5.26 Å². The average Bonchev–Trinajstić information content (AvgIpc) is 2.88. The number of hydrogen-bond acceptors (Lipinski definition) is 5. The van der Waals surface area contributed by atoms with Crippen molar-refractivity contribution in [3.63, 3.8) is 0 Å². The maximum atomic E-state index is 12.1. The molecule has 0 spiro atoms. The van der Waals surface area contributed by atoms with Gasteiger partial charge in [-0.05, 0) is 26.3 Å². The first-order valence-electron chi connectivity index (χ1n) is 7.83. The van der Waals surface area contributed by atoms with E-state index in [4.69, 9.17) is 4.74 Å². The molecule has 0 radical (unpaired) electrons. The number of nitro benzene ring substituents is 1. The monoisotopic (exact) mass is 329 g/mol. The lowest BCUT2D eigenvalue weighted by Crippen LogP contribution is -2.38. The van der Waals surface area contributed by atoms with Gasteiger partial charge >= 0.3 is 6.09 Å². The number of non-ortho nitro benzene ring substituents is 1. The number of nitrogens with zero attached hydrogens (tertiary/aromatic N) is 3. The number of likely N-dealkylation sites (tertiary alicyclic amines) is 1. The van der Waals surface area contributed by atoms with Crippen LogP contribution in [0.25, 0.3) is 0 Å². The van der Waals surface area contributed by atoms with E-state index in [0.29, 0.717) is 13.1 Å². The highest BCUT2D eigenvalue weighted by atomic mass is 16.6. The van der Waals surface area contributed by atoms with Crippen LogP contribution in [0.5, 0.6) is 0 Å². The summed E-state index contributed by atoms with van der Waals surface area (Å²) in [4.78, 5) is 24.1. The van der Waals surface area contributed by atoms with E-state index in [1.54, 1.807) is 17.0 Å². The number of carbonyl (C=O) groups is 1. The predicted octanol–water partition coefficient (Wildman–Crippen LogP) is 2.85. The standard InChI is InChI=1S/C17H19N3O4/c1-16(2,3)24-15(21)19-8-13-14(9-19)17(13,10-18)11-4-6-12(7-5-11)20(22)23/h4-7,13-14H,8-9H2,1-3H3/t13-,14?,17-/m0/s1. The van der Waals surface area contributed by atoms with E-state index >= 15 is 0 Å². The molecule has 24 heavy (non-hydrogen) atoms. The van der Waals surface area contributed by atoms with Crippen LogP contribution in [0.2, 0.25) is 0 Å². The van der Waals surface area contributed by atoms with Gasteiger partial charge in [-0.3, -0.25) is 10.1 Å². The maximum absolute atomic E-state index is 12.1. The molecule has 0 bridgehead atoms. The molecule has 3 atom stereocenters. The van der Waals surface area contributed by atoms with Crippen LogP contribution in [0.15, 0.2) is 24.3 Å². The Morgan fingerprint density at radius 2 is 1.88 bits per heavy atom. The molecular weight excluding hydrogens is 310 g/mol. The molecule has 0 N–H and O–H groups in total. The van der Waals surface area contributed by atoms with Crippen LogP contribution in [-0.2, 0) is 10.2 Å². The van der Waals surface area contributed by atoms with E-state index in [1.165, 1.54) is 12.1 Å². The summed E-state index contributed by atoms with van der Waals surface area (Å²) in [6, 6.07) is 8.53. The SMILES string of the molecule is CC(C)(C)OC(=O)N1CC2[C@H](C1)[C@]2(C#N)c1ccc([N+](=O)[O-])cc1. The molecule has 2 fully saturated rings. The Bertz CT molecular complexity index is 718. The van der Waals surface area contributed by atoms with Gasteiger partial charge in [0, 0.05) is 37.1 Å². The van der Waals surface area contributed by atoms with Crippen LogP contribution in [0.4, 0.5) is 10.5 Å². The number of amides is 1. The Balaban J connectivity index is 1.73. The molecule has 7 nitrogen and oxygen atoms in total. The van der Waals surface area contributed by atoms with Crippen molar-refractivity contribution in [1.29, 1.82) is 5.26 Å². The largest absolute Gasteiger partial charge is 0.444 e. The Labute approximate surface area is 140 Å². The lowest BCUT2D eigenvalue weighted by Gasteiger charge is -2.27. The van der Waals surface area contributed by atoms with Crippen LogP contribution >= 0.6 is 0 Å². The lowest BCUT2D eigenvalue weighted by molar-refractivity contribution is -0.384.